The van der Waals surface area contributed by atoms with Gasteiger partial charge in [-0.15, -0.1) is 0 Å². The van der Waals surface area contributed by atoms with Gasteiger partial charge in [-0.1, -0.05) is 63.6 Å². The summed E-state index contributed by atoms with van der Waals surface area (Å²) in [6, 6.07) is 9.39. The van der Waals surface area contributed by atoms with E-state index in [4.69, 9.17) is 0 Å². The van der Waals surface area contributed by atoms with Crippen LogP contribution in [-0.4, -0.2) is 35.3 Å². The van der Waals surface area contributed by atoms with Gasteiger partial charge in [0.2, 0.25) is 5.91 Å². The van der Waals surface area contributed by atoms with Crippen LogP contribution >= 0.6 is 0 Å². The monoisotopic (exact) mass is 384 g/mol. The van der Waals surface area contributed by atoms with E-state index in [1.54, 1.807) is 0 Å². The van der Waals surface area contributed by atoms with Gasteiger partial charge in [0.25, 0.3) is 5.91 Å². The van der Waals surface area contributed by atoms with E-state index >= 15 is 0 Å². The molecule has 0 spiro atoms. The number of benzene rings is 1. The maximum absolute atomic E-state index is 13.5. The van der Waals surface area contributed by atoms with Gasteiger partial charge in [-0.05, 0) is 50.2 Å². The maximum atomic E-state index is 13.5. The van der Waals surface area contributed by atoms with Crippen LogP contribution in [-0.2, 0) is 4.79 Å². The lowest BCUT2D eigenvalue weighted by molar-refractivity contribution is -0.129. The van der Waals surface area contributed by atoms with Crippen molar-refractivity contribution in [2.75, 3.05) is 6.54 Å². The fourth-order valence-corrected chi connectivity index (χ4v) is 4.95. The zero-order chi connectivity index (χ0) is 19.8. The van der Waals surface area contributed by atoms with Crippen molar-refractivity contribution in [3.63, 3.8) is 0 Å². The zero-order valence-corrected chi connectivity index (χ0v) is 17.4. The van der Waals surface area contributed by atoms with Crippen LogP contribution < -0.4 is 5.32 Å². The number of hydrogen-bond acceptors (Lipinski definition) is 2. The Morgan fingerprint density at radius 2 is 1.57 bits per heavy atom. The van der Waals surface area contributed by atoms with Gasteiger partial charge in [0.1, 0.15) is 6.04 Å². The molecule has 0 unspecified atom stereocenters. The minimum absolute atomic E-state index is 0.00295. The van der Waals surface area contributed by atoms with Crippen molar-refractivity contribution in [1.82, 2.24) is 10.2 Å². The van der Waals surface area contributed by atoms with Crippen LogP contribution in [0.2, 0.25) is 0 Å². The summed E-state index contributed by atoms with van der Waals surface area (Å²) >= 11 is 0. The molecule has 2 aliphatic rings. The number of rotatable bonds is 7. The third-order valence-electron chi connectivity index (χ3n) is 6.40. The molecule has 2 aliphatic carbocycles. The molecule has 2 amide bonds. The molecule has 0 radical (unpaired) electrons. The first kappa shape index (κ1) is 20.9. The number of carbonyl (C=O) groups is 2. The molecule has 2 saturated carbocycles. The van der Waals surface area contributed by atoms with Crippen LogP contribution in [0.1, 0.15) is 87.9 Å². The highest BCUT2D eigenvalue weighted by Crippen LogP contribution is 2.31. The zero-order valence-electron chi connectivity index (χ0n) is 17.4. The molecule has 3 rings (SSSR count). The highest BCUT2D eigenvalue weighted by Gasteiger charge is 2.37. The Labute approximate surface area is 170 Å². The van der Waals surface area contributed by atoms with Crippen LogP contribution in [0.5, 0.6) is 0 Å². The predicted octanol–water partition coefficient (Wildman–Crippen LogP) is 4.94. The van der Waals surface area contributed by atoms with Crippen molar-refractivity contribution >= 4 is 11.8 Å². The molecule has 0 bridgehead atoms. The smallest absolute Gasteiger partial charge is 0.254 e. The number of amides is 2. The molecule has 1 atom stereocenters. The van der Waals surface area contributed by atoms with E-state index in [9.17, 15) is 9.59 Å². The van der Waals surface area contributed by atoms with Gasteiger partial charge in [-0.25, -0.2) is 0 Å². The lowest BCUT2D eigenvalue weighted by Crippen LogP contribution is -2.55. The average Bonchev–Trinajstić information content (AvgIpc) is 2.75. The Hall–Kier alpha value is -1.84. The normalized spacial score (nSPS) is 19.8. The molecule has 4 nitrogen and oxygen atoms in total. The summed E-state index contributed by atoms with van der Waals surface area (Å²) < 4.78 is 0. The molecule has 0 saturated heterocycles. The molecule has 0 heterocycles. The van der Waals surface area contributed by atoms with Gasteiger partial charge in [-0.2, -0.15) is 0 Å². The van der Waals surface area contributed by atoms with Crippen molar-refractivity contribution in [2.24, 2.45) is 5.92 Å². The number of carbonyl (C=O) groups excluding carboxylic acids is 2. The molecular formula is C24H36N2O2. The van der Waals surface area contributed by atoms with Crippen molar-refractivity contribution in [3.8, 4) is 0 Å². The molecule has 154 valence electrons. The van der Waals surface area contributed by atoms with E-state index < -0.39 is 0 Å². The first-order chi connectivity index (χ1) is 13.7. The number of hydrogen-bond donors (Lipinski definition) is 1. The molecule has 4 heteroatoms. The molecule has 0 aromatic heterocycles. The second kappa shape index (κ2) is 10.6. The Morgan fingerprint density at radius 3 is 2.18 bits per heavy atom. The first-order valence-corrected chi connectivity index (χ1v) is 11.4. The highest BCUT2D eigenvalue weighted by atomic mass is 16.2. The Morgan fingerprint density at radius 1 is 0.964 bits per heavy atom. The molecule has 0 aliphatic heterocycles. The van der Waals surface area contributed by atoms with Crippen molar-refractivity contribution in [1.29, 1.82) is 0 Å². The largest absolute Gasteiger partial charge is 0.352 e. The van der Waals surface area contributed by atoms with Gasteiger partial charge >= 0.3 is 0 Å². The Balaban J connectivity index is 1.83. The molecular weight excluding hydrogens is 348 g/mol. The summed E-state index contributed by atoms with van der Waals surface area (Å²) in [7, 11) is 0. The van der Waals surface area contributed by atoms with E-state index in [1.807, 2.05) is 35.2 Å². The first-order valence-electron chi connectivity index (χ1n) is 11.4. The fraction of sp³-hybridized carbons (Fsp3) is 0.667. The standard InChI is InChI=1S/C24H36N2O2/c1-2-18-26(24(28)20-14-8-4-9-15-20)22(19-12-6-3-7-13-19)23(27)25-21-16-10-5-11-17-21/h4,8-9,14-15,19,21-22H,2-3,5-7,10-13,16-18H2,1H3,(H,25,27)/t22-/m0/s1. The lowest BCUT2D eigenvalue weighted by Gasteiger charge is -2.39. The van der Waals surface area contributed by atoms with Crippen LogP contribution in [0.15, 0.2) is 30.3 Å². The topological polar surface area (TPSA) is 49.4 Å². The van der Waals surface area contributed by atoms with Gasteiger partial charge < -0.3 is 10.2 Å². The summed E-state index contributed by atoms with van der Waals surface area (Å²) in [6.07, 6.45) is 12.3. The average molecular weight is 385 g/mol. The van der Waals surface area contributed by atoms with Crippen LogP contribution in [0.4, 0.5) is 0 Å². The lowest BCUT2D eigenvalue weighted by atomic mass is 9.82. The SMILES string of the molecule is CCCN(C(=O)c1ccccc1)[C@H](C(=O)NC1CCCCC1)C1CCCCC1. The molecule has 2 fully saturated rings. The Bertz CT molecular complexity index is 619. The Kier molecular flexibility index (Phi) is 7.93. The summed E-state index contributed by atoms with van der Waals surface area (Å²) in [5, 5.41) is 3.33. The number of nitrogens with one attached hydrogen (secondary N) is 1. The van der Waals surface area contributed by atoms with Gasteiger partial charge in [-0.3, -0.25) is 9.59 Å². The number of nitrogens with zero attached hydrogens (tertiary/aromatic N) is 1. The van der Waals surface area contributed by atoms with Crippen molar-refractivity contribution in [3.05, 3.63) is 35.9 Å². The quantitative estimate of drug-likeness (QED) is 0.724. The minimum Gasteiger partial charge on any atom is -0.352 e. The molecule has 1 aromatic rings. The minimum atomic E-state index is -0.338. The van der Waals surface area contributed by atoms with Crippen molar-refractivity contribution < 1.29 is 9.59 Å². The van der Waals surface area contributed by atoms with Crippen LogP contribution in [0.25, 0.3) is 0 Å². The van der Waals surface area contributed by atoms with E-state index in [-0.39, 0.29) is 29.8 Å². The van der Waals surface area contributed by atoms with E-state index in [0.717, 1.165) is 44.9 Å². The highest BCUT2D eigenvalue weighted by molar-refractivity contribution is 5.97. The second-order valence-electron chi connectivity index (χ2n) is 8.55. The maximum Gasteiger partial charge on any atom is 0.254 e. The summed E-state index contributed by atoms with van der Waals surface area (Å²) in [5.41, 5.74) is 0.683. The van der Waals surface area contributed by atoms with Crippen LogP contribution in [0, 0.1) is 5.92 Å². The molecule has 1 N–H and O–H groups in total. The van der Waals surface area contributed by atoms with Gasteiger partial charge in [0.05, 0.1) is 0 Å². The fourth-order valence-electron chi connectivity index (χ4n) is 4.95. The summed E-state index contributed by atoms with van der Waals surface area (Å²) in [4.78, 5) is 28.7. The molecule has 28 heavy (non-hydrogen) atoms. The van der Waals surface area contributed by atoms with Gasteiger partial charge in [0, 0.05) is 18.2 Å². The molecule has 1 aromatic carbocycles. The van der Waals surface area contributed by atoms with Gasteiger partial charge in [0.15, 0.2) is 0 Å². The van der Waals surface area contributed by atoms with E-state index in [1.165, 1.54) is 25.7 Å². The van der Waals surface area contributed by atoms with E-state index in [0.29, 0.717) is 12.1 Å². The summed E-state index contributed by atoms with van der Waals surface area (Å²) in [6.45, 7) is 2.72. The predicted molar refractivity (Wildman–Crippen MR) is 113 cm³/mol. The van der Waals surface area contributed by atoms with E-state index in [2.05, 4.69) is 12.2 Å². The van der Waals surface area contributed by atoms with Crippen molar-refractivity contribution in [2.45, 2.75) is 89.6 Å². The summed E-state index contributed by atoms with van der Waals surface area (Å²) in [5.74, 6) is 0.352. The second-order valence-corrected chi connectivity index (χ2v) is 8.55. The van der Waals surface area contributed by atoms with Crippen LogP contribution in [0.3, 0.4) is 0 Å². The third kappa shape index (κ3) is 5.36. The third-order valence-corrected chi connectivity index (χ3v) is 6.40.